The maximum Gasteiger partial charge on any atom is 0.337 e. The van der Waals surface area contributed by atoms with Crippen LogP contribution in [0.25, 0.3) is 6.08 Å². The van der Waals surface area contributed by atoms with Crippen molar-refractivity contribution in [3.05, 3.63) is 76.0 Å². The van der Waals surface area contributed by atoms with Gasteiger partial charge in [-0.05, 0) is 43.3 Å². The summed E-state index contributed by atoms with van der Waals surface area (Å²) < 4.78 is 16.5. The summed E-state index contributed by atoms with van der Waals surface area (Å²) in [4.78, 5) is 41.0. The minimum Gasteiger partial charge on any atom is -0.478 e. The molecule has 40 heavy (non-hydrogen) atoms. The van der Waals surface area contributed by atoms with Crippen LogP contribution in [0.3, 0.4) is 0 Å². The first kappa shape index (κ1) is 29.6. The molecule has 0 unspecified atom stereocenters. The fourth-order valence-corrected chi connectivity index (χ4v) is 3.60. The Labute approximate surface area is 232 Å². The second kappa shape index (κ2) is 13.2. The molecule has 0 saturated heterocycles. The van der Waals surface area contributed by atoms with Gasteiger partial charge in [0.1, 0.15) is 18.2 Å². The largest absolute Gasteiger partial charge is 0.478 e. The van der Waals surface area contributed by atoms with Crippen LogP contribution in [0.2, 0.25) is 5.02 Å². The minimum absolute atomic E-state index is 0.0126. The summed E-state index contributed by atoms with van der Waals surface area (Å²) in [5.41, 5.74) is 1.29. The van der Waals surface area contributed by atoms with E-state index in [9.17, 15) is 18.8 Å². The minimum atomic E-state index is -1.17. The molecule has 208 valence electrons. The van der Waals surface area contributed by atoms with Crippen molar-refractivity contribution in [2.75, 3.05) is 10.3 Å². The lowest BCUT2D eigenvalue weighted by atomic mass is 10.1. The Bertz CT molecular complexity index is 1470. The zero-order valence-corrected chi connectivity index (χ0v) is 22.1. The number of carboxylic acids is 1. The summed E-state index contributed by atoms with van der Waals surface area (Å²) in [5.74, 6) is 2.56. The van der Waals surface area contributed by atoms with Crippen molar-refractivity contribution in [3.8, 4) is 0 Å². The Hall–Kier alpha value is -4.95. The van der Waals surface area contributed by atoms with E-state index in [0.717, 1.165) is 35.4 Å². The molecular formula is C25H25ClFN9O4. The Kier molecular flexibility index (Phi) is 9.78. The van der Waals surface area contributed by atoms with Gasteiger partial charge in [-0.1, -0.05) is 11.6 Å². The quantitative estimate of drug-likeness (QED) is 0.0892. The molecule has 0 fully saturated rings. The van der Waals surface area contributed by atoms with Gasteiger partial charge in [0, 0.05) is 43.7 Å². The Morgan fingerprint density at radius 2 is 2.08 bits per heavy atom. The standard InChI is InChI=1S/C25H25ClFN9O4/c1-14-10-16(34-35(14)3)11-19(24(38)33-21-8-4-15(12-30-21)25(39)40)32-22(37)9-5-17-20(36(28)13-31-29-2)7-6-18(26)23(17)27/h4-10,12-13,19H,2,11,28H2,1,3H3,(H,32,37)(H,39,40)(H,30,33,38)/b9-5+,31-13-/t19-/m0/s1. The number of nitrogens with two attached hydrogens (primary N) is 1. The summed E-state index contributed by atoms with van der Waals surface area (Å²) >= 11 is 5.91. The molecule has 13 nitrogen and oxygen atoms in total. The first-order chi connectivity index (χ1) is 19.0. The van der Waals surface area contributed by atoms with E-state index < -0.39 is 29.6 Å². The van der Waals surface area contributed by atoms with E-state index in [1.54, 1.807) is 17.8 Å². The number of aryl methyl sites for hydroxylation is 2. The van der Waals surface area contributed by atoms with Gasteiger partial charge in [0.25, 0.3) is 0 Å². The number of carbonyl (C=O) groups is 3. The molecule has 2 aromatic heterocycles. The highest BCUT2D eigenvalue weighted by atomic mass is 35.5. The number of nitrogens with zero attached hydrogens (tertiary/aromatic N) is 6. The molecule has 0 bridgehead atoms. The Morgan fingerprint density at radius 3 is 2.67 bits per heavy atom. The molecule has 0 aliphatic heterocycles. The number of anilines is 2. The van der Waals surface area contributed by atoms with Crippen LogP contribution in [0.5, 0.6) is 0 Å². The van der Waals surface area contributed by atoms with Crippen LogP contribution in [-0.2, 0) is 23.1 Å². The van der Waals surface area contributed by atoms with Gasteiger partial charge in [0.05, 0.1) is 22.0 Å². The first-order valence-corrected chi connectivity index (χ1v) is 11.9. The summed E-state index contributed by atoms with van der Waals surface area (Å²) in [6, 6.07) is 5.92. The maximum absolute atomic E-state index is 14.8. The molecule has 0 saturated carbocycles. The van der Waals surface area contributed by atoms with Gasteiger partial charge in [-0.15, -0.1) is 5.10 Å². The van der Waals surface area contributed by atoms with Crippen LogP contribution in [0.1, 0.15) is 27.3 Å². The molecule has 0 aliphatic carbocycles. The first-order valence-electron chi connectivity index (χ1n) is 11.5. The molecule has 15 heteroatoms. The van der Waals surface area contributed by atoms with E-state index in [0.29, 0.717) is 5.69 Å². The highest BCUT2D eigenvalue weighted by molar-refractivity contribution is 6.31. The smallest absolute Gasteiger partial charge is 0.337 e. The number of aromatic nitrogens is 3. The molecule has 1 atom stereocenters. The second-order valence-electron chi connectivity index (χ2n) is 8.30. The number of hydrogen-bond donors (Lipinski definition) is 4. The predicted octanol–water partition coefficient (Wildman–Crippen LogP) is 2.32. The highest BCUT2D eigenvalue weighted by Gasteiger charge is 2.23. The number of carbonyl (C=O) groups excluding carboxylic acids is 2. The predicted molar refractivity (Wildman–Crippen MR) is 149 cm³/mol. The van der Waals surface area contributed by atoms with Crippen LogP contribution in [-0.4, -0.2) is 56.8 Å². The molecule has 0 radical (unpaired) electrons. The molecule has 1 aromatic carbocycles. The number of rotatable bonds is 11. The zero-order valence-electron chi connectivity index (χ0n) is 21.4. The summed E-state index contributed by atoms with van der Waals surface area (Å²) in [5, 5.41) is 26.1. The molecule has 3 aromatic rings. The third kappa shape index (κ3) is 7.55. The monoisotopic (exact) mass is 569 g/mol. The number of nitrogens with one attached hydrogen (secondary N) is 2. The van der Waals surface area contributed by atoms with Crippen molar-refractivity contribution in [2.24, 2.45) is 23.1 Å². The Balaban J connectivity index is 1.85. The number of halogens is 2. The molecule has 2 amide bonds. The second-order valence-corrected chi connectivity index (χ2v) is 8.71. The summed E-state index contributed by atoms with van der Waals surface area (Å²) in [7, 11) is 1.73. The SMILES string of the molecule is C=N/N=C\N(N)c1ccc(Cl)c(F)c1/C=C/C(=O)N[C@@H](Cc1cc(C)n(C)n1)C(=O)Nc1ccc(C(=O)O)cn1. The zero-order chi connectivity index (χ0) is 29.4. The highest BCUT2D eigenvalue weighted by Crippen LogP contribution is 2.28. The van der Waals surface area contributed by atoms with E-state index in [4.69, 9.17) is 22.6 Å². The van der Waals surface area contributed by atoms with Crippen molar-refractivity contribution in [2.45, 2.75) is 19.4 Å². The summed E-state index contributed by atoms with van der Waals surface area (Å²) in [6.07, 6.45) is 4.34. The van der Waals surface area contributed by atoms with Crippen LogP contribution in [0.15, 0.2) is 52.8 Å². The molecule has 2 heterocycles. The molecule has 3 rings (SSSR count). The maximum atomic E-state index is 14.8. The average Bonchev–Trinajstić information content (AvgIpc) is 3.24. The van der Waals surface area contributed by atoms with E-state index in [1.807, 2.05) is 6.92 Å². The average molecular weight is 570 g/mol. The lowest BCUT2D eigenvalue weighted by molar-refractivity contribution is -0.123. The van der Waals surface area contributed by atoms with Crippen molar-refractivity contribution in [3.63, 3.8) is 0 Å². The number of hydrazine groups is 1. The van der Waals surface area contributed by atoms with E-state index in [2.05, 4.69) is 37.6 Å². The van der Waals surface area contributed by atoms with Gasteiger partial charge in [-0.25, -0.2) is 20.0 Å². The number of pyridine rings is 1. The fraction of sp³-hybridized carbons (Fsp3) is 0.160. The van der Waals surface area contributed by atoms with Gasteiger partial charge in [-0.3, -0.25) is 19.3 Å². The fourth-order valence-electron chi connectivity index (χ4n) is 3.43. The third-order valence-electron chi connectivity index (χ3n) is 5.52. The van der Waals surface area contributed by atoms with Crippen molar-refractivity contribution >= 4 is 60.0 Å². The Morgan fingerprint density at radius 1 is 1.32 bits per heavy atom. The lowest BCUT2D eigenvalue weighted by Crippen LogP contribution is -2.45. The van der Waals surface area contributed by atoms with E-state index in [-0.39, 0.29) is 34.1 Å². The molecular weight excluding hydrogens is 545 g/mol. The molecule has 5 N–H and O–H groups in total. The normalized spacial score (nSPS) is 11.9. The molecule has 0 aliphatic rings. The van der Waals surface area contributed by atoms with Gasteiger partial charge >= 0.3 is 5.97 Å². The topological polar surface area (TPSA) is 180 Å². The van der Waals surface area contributed by atoms with Crippen LogP contribution in [0, 0.1) is 12.7 Å². The van der Waals surface area contributed by atoms with Gasteiger partial charge in [0.2, 0.25) is 11.8 Å². The summed E-state index contributed by atoms with van der Waals surface area (Å²) in [6.45, 7) is 5.02. The van der Waals surface area contributed by atoms with Crippen LogP contribution < -0.4 is 21.5 Å². The van der Waals surface area contributed by atoms with Gasteiger partial charge in [-0.2, -0.15) is 10.2 Å². The lowest BCUT2D eigenvalue weighted by Gasteiger charge is -2.17. The van der Waals surface area contributed by atoms with E-state index in [1.165, 1.54) is 24.3 Å². The van der Waals surface area contributed by atoms with Crippen molar-refractivity contribution in [1.29, 1.82) is 0 Å². The van der Waals surface area contributed by atoms with Crippen molar-refractivity contribution in [1.82, 2.24) is 20.1 Å². The number of carboxylic acid groups (broad SMARTS) is 1. The van der Waals surface area contributed by atoms with Crippen LogP contribution in [0.4, 0.5) is 15.9 Å². The number of amides is 2. The number of benzene rings is 1. The van der Waals surface area contributed by atoms with Crippen LogP contribution >= 0.6 is 11.6 Å². The van der Waals surface area contributed by atoms with E-state index >= 15 is 0 Å². The number of aromatic carboxylic acids is 1. The number of hydrogen-bond acceptors (Lipinski definition) is 8. The third-order valence-corrected chi connectivity index (χ3v) is 5.81. The van der Waals surface area contributed by atoms with Crippen molar-refractivity contribution < 1.29 is 23.9 Å². The molecule has 0 spiro atoms. The van der Waals surface area contributed by atoms with Gasteiger partial charge < -0.3 is 15.7 Å². The van der Waals surface area contributed by atoms with Gasteiger partial charge in [0.15, 0.2) is 5.82 Å².